The molecule has 1 aliphatic heterocycles. The maximum Gasteiger partial charge on any atom is 0.259 e. The third-order valence-corrected chi connectivity index (χ3v) is 3.24. The number of rotatable bonds is 3. The molecular formula is C16H11N3O3. The normalized spacial score (nSPS) is 12.9. The predicted octanol–water partition coefficient (Wildman–Crippen LogP) is 2.77. The first kappa shape index (κ1) is 12.6. The molecule has 0 unspecified atom stereocenters. The predicted molar refractivity (Wildman–Crippen MR) is 80.3 cm³/mol. The zero-order chi connectivity index (χ0) is 14.8. The lowest BCUT2D eigenvalue weighted by atomic mass is 10.2. The second kappa shape index (κ2) is 5.33. The first-order valence-corrected chi connectivity index (χ1v) is 6.70. The van der Waals surface area contributed by atoms with E-state index >= 15 is 0 Å². The van der Waals surface area contributed by atoms with Crippen LogP contribution in [0.3, 0.4) is 0 Å². The Morgan fingerprint density at radius 3 is 2.95 bits per heavy atom. The minimum Gasteiger partial charge on any atom is -0.454 e. The van der Waals surface area contributed by atoms with E-state index in [2.05, 4.69) is 15.1 Å². The fourth-order valence-electron chi connectivity index (χ4n) is 2.18. The van der Waals surface area contributed by atoms with Crippen LogP contribution < -0.4 is 14.3 Å². The van der Waals surface area contributed by atoms with Gasteiger partial charge in [0.05, 0.1) is 17.1 Å². The van der Waals surface area contributed by atoms with E-state index in [-0.39, 0.29) is 6.79 Å². The summed E-state index contributed by atoms with van der Waals surface area (Å²) in [7, 11) is 0. The van der Waals surface area contributed by atoms with Crippen LogP contribution >= 0.6 is 0 Å². The molecule has 0 bridgehead atoms. The Bertz CT molecular complexity index is 859. The molecule has 0 saturated heterocycles. The van der Waals surface area contributed by atoms with Crippen molar-refractivity contribution in [1.29, 1.82) is 0 Å². The molecule has 6 heteroatoms. The number of para-hydroxylation sites is 1. The molecule has 2 heterocycles. The highest BCUT2D eigenvalue weighted by Crippen LogP contribution is 2.32. The zero-order valence-corrected chi connectivity index (χ0v) is 11.5. The van der Waals surface area contributed by atoms with E-state index in [1.165, 1.54) is 6.33 Å². The lowest BCUT2D eigenvalue weighted by Crippen LogP contribution is -1.93. The molecular weight excluding hydrogens is 282 g/mol. The largest absolute Gasteiger partial charge is 0.454 e. The van der Waals surface area contributed by atoms with Crippen LogP contribution in [0.25, 0.3) is 10.9 Å². The van der Waals surface area contributed by atoms with Gasteiger partial charge in [-0.2, -0.15) is 4.98 Å². The molecule has 1 aliphatic rings. The van der Waals surface area contributed by atoms with Gasteiger partial charge in [0, 0.05) is 5.56 Å². The van der Waals surface area contributed by atoms with Gasteiger partial charge in [0.25, 0.3) is 5.88 Å². The molecule has 22 heavy (non-hydrogen) atoms. The van der Waals surface area contributed by atoms with Crippen molar-refractivity contribution in [1.82, 2.24) is 9.97 Å². The van der Waals surface area contributed by atoms with Crippen LogP contribution in [0, 0.1) is 0 Å². The van der Waals surface area contributed by atoms with Crippen LogP contribution in [0.15, 0.2) is 53.9 Å². The van der Waals surface area contributed by atoms with E-state index in [9.17, 15) is 0 Å². The Kier molecular flexibility index (Phi) is 3.05. The van der Waals surface area contributed by atoms with Crippen LogP contribution in [0.5, 0.6) is 17.4 Å². The highest BCUT2D eigenvalue weighted by molar-refractivity contribution is 5.83. The van der Waals surface area contributed by atoms with Gasteiger partial charge in [-0.15, -0.1) is 0 Å². The van der Waals surface area contributed by atoms with Gasteiger partial charge in [-0.05, 0) is 30.3 Å². The van der Waals surface area contributed by atoms with E-state index in [0.29, 0.717) is 11.6 Å². The van der Waals surface area contributed by atoms with Gasteiger partial charge in [0.1, 0.15) is 6.33 Å². The fraction of sp³-hybridized carbons (Fsp3) is 0.0625. The zero-order valence-electron chi connectivity index (χ0n) is 11.5. The molecule has 0 atom stereocenters. The Morgan fingerprint density at radius 2 is 1.95 bits per heavy atom. The average Bonchev–Trinajstić information content (AvgIpc) is 3.03. The van der Waals surface area contributed by atoms with Crippen molar-refractivity contribution >= 4 is 17.1 Å². The number of nitrogens with zero attached hydrogens (tertiary/aromatic N) is 3. The van der Waals surface area contributed by atoms with Gasteiger partial charge in [0.2, 0.25) is 6.79 Å². The maximum atomic E-state index is 5.39. The molecule has 4 rings (SSSR count). The summed E-state index contributed by atoms with van der Waals surface area (Å²) in [6, 6.07) is 13.1. The molecule has 2 aromatic carbocycles. The summed E-state index contributed by atoms with van der Waals surface area (Å²) in [6.07, 6.45) is 3.05. The Labute approximate surface area is 126 Å². The van der Waals surface area contributed by atoms with Gasteiger partial charge in [0.15, 0.2) is 11.5 Å². The SMILES string of the molecule is C(=NOc1ncnc2ccccc12)c1ccc2c(c1)OCO2. The number of oxime groups is 1. The van der Waals surface area contributed by atoms with E-state index in [4.69, 9.17) is 14.3 Å². The topological polar surface area (TPSA) is 65.8 Å². The van der Waals surface area contributed by atoms with Crippen molar-refractivity contribution < 1.29 is 14.3 Å². The molecule has 0 saturated carbocycles. The molecule has 1 aromatic heterocycles. The highest BCUT2D eigenvalue weighted by atomic mass is 16.7. The van der Waals surface area contributed by atoms with Gasteiger partial charge in [-0.1, -0.05) is 17.3 Å². The van der Waals surface area contributed by atoms with Crippen LogP contribution in [0.4, 0.5) is 0 Å². The Hall–Kier alpha value is -3.15. The van der Waals surface area contributed by atoms with E-state index < -0.39 is 0 Å². The second-order valence-corrected chi connectivity index (χ2v) is 4.63. The van der Waals surface area contributed by atoms with Crippen LogP contribution in [-0.4, -0.2) is 23.0 Å². The lowest BCUT2D eigenvalue weighted by Gasteiger charge is -2.01. The third kappa shape index (κ3) is 2.31. The number of aromatic nitrogens is 2. The Balaban J connectivity index is 1.56. The number of hydrogen-bond acceptors (Lipinski definition) is 6. The standard InChI is InChI=1S/C16H11N3O3/c1-2-4-13-12(3-1)16(18-9-17-13)22-19-8-11-5-6-14-15(7-11)21-10-20-14/h1-9H,10H2. The number of fused-ring (bicyclic) bond motifs is 2. The van der Waals surface area contributed by atoms with Crippen molar-refractivity contribution in [3.8, 4) is 17.4 Å². The molecule has 0 spiro atoms. The van der Waals surface area contributed by atoms with E-state index in [1.54, 1.807) is 6.21 Å². The average molecular weight is 293 g/mol. The quantitative estimate of drug-likeness (QED) is 0.549. The van der Waals surface area contributed by atoms with Crippen molar-refractivity contribution in [2.75, 3.05) is 6.79 Å². The molecule has 0 aliphatic carbocycles. The van der Waals surface area contributed by atoms with Gasteiger partial charge in [-0.25, -0.2) is 4.98 Å². The molecule has 0 amide bonds. The smallest absolute Gasteiger partial charge is 0.259 e. The summed E-state index contributed by atoms with van der Waals surface area (Å²) in [5, 5.41) is 4.79. The third-order valence-electron chi connectivity index (χ3n) is 3.24. The summed E-state index contributed by atoms with van der Waals surface area (Å²) < 4.78 is 10.6. The summed E-state index contributed by atoms with van der Waals surface area (Å²) in [4.78, 5) is 13.7. The lowest BCUT2D eigenvalue weighted by molar-refractivity contribution is 0.174. The highest BCUT2D eigenvalue weighted by Gasteiger charge is 2.12. The van der Waals surface area contributed by atoms with Crippen molar-refractivity contribution in [3.63, 3.8) is 0 Å². The van der Waals surface area contributed by atoms with Gasteiger partial charge < -0.3 is 14.3 Å². The van der Waals surface area contributed by atoms with E-state index in [0.717, 1.165) is 22.2 Å². The summed E-state index contributed by atoms with van der Waals surface area (Å²) >= 11 is 0. The number of hydrogen-bond donors (Lipinski definition) is 0. The minimum atomic E-state index is 0.249. The van der Waals surface area contributed by atoms with Crippen molar-refractivity contribution in [3.05, 3.63) is 54.4 Å². The van der Waals surface area contributed by atoms with Crippen LogP contribution in [0.1, 0.15) is 5.56 Å². The number of benzene rings is 2. The molecule has 6 nitrogen and oxygen atoms in total. The van der Waals surface area contributed by atoms with E-state index in [1.807, 2.05) is 42.5 Å². The molecule has 3 aromatic rings. The Morgan fingerprint density at radius 1 is 1.05 bits per heavy atom. The maximum absolute atomic E-state index is 5.39. The van der Waals surface area contributed by atoms with Crippen LogP contribution in [0.2, 0.25) is 0 Å². The minimum absolute atomic E-state index is 0.249. The second-order valence-electron chi connectivity index (χ2n) is 4.63. The monoisotopic (exact) mass is 293 g/mol. The van der Waals surface area contributed by atoms with Gasteiger partial charge in [-0.3, -0.25) is 0 Å². The first-order valence-electron chi connectivity index (χ1n) is 6.70. The van der Waals surface area contributed by atoms with Crippen LogP contribution in [-0.2, 0) is 0 Å². The molecule has 0 fully saturated rings. The summed E-state index contributed by atoms with van der Waals surface area (Å²) in [5.41, 5.74) is 1.66. The summed E-state index contributed by atoms with van der Waals surface area (Å²) in [5.74, 6) is 1.86. The van der Waals surface area contributed by atoms with Crippen molar-refractivity contribution in [2.45, 2.75) is 0 Å². The summed E-state index contributed by atoms with van der Waals surface area (Å²) in [6.45, 7) is 0.249. The fourth-order valence-corrected chi connectivity index (χ4v) is 2.18. The van der Waals surface area contributed by atoms with Gasteiger partial charge >= 0.3 is 0 Å². The molecule has 0 N–H and O–H groups in total. The van der Waals surface area contributed by atoms with Crippen molar-refractivity contribution in [2.24, 2.45) is 5.16 Å². The molecule has 108 valence electrons. The number of ether oxygens (including phenoxy) is 2. The molecule has 0 radical (unpaired) electrons. The first-order chi connectivity index (χ1) is 10.9.